The first kappa shape index (κ1) is 38.1. The van der Waals surface area contributed by atoms with Crippen molar-refractivity contribution in [1.82, 2.24) is 0 Å². The predicted molar refractivity (Wildman–Crippen MR) is 263 cm³/mol. The van der Waals surface area contributed by atoms with Gasteiger partial charge in [0.05, 0.1) is 7.11 Å². The fraction of sp³-hybridized carbons (Fsp3) is 0.0169. The van der Waals surface area contributed by atoms with Gasteiger partial charge in [0.1, 0.15) is 5.75 Å². The molecule has 0 unspecified atom stereocenters. The molecule has 0 amide bonds. The fourth-order valence-electron chi connectivity index (χ4n) is 8.61. The average molecular weight is 797 g/mol. The highest BCUT2D eigenvalue weighted by molar-refractivity contribution is 6.17. The summed E-state index contributed by atoms with van der Waals surface area (Å²) < 4.78 is 6.06. The molecule has 0 bridgehead atoms. The third kappa shape index (κ3) is 7.60. The Balaban J connectivity index is 1.08. The number of anilines is 5. The fourth-order valence-corrected chi connectivity index (χ4v) is 8.61. The van der Waals surface area contributed by atoms with Crippen molar-refractivity contribution in [3.8, 4) is 28.0 Å². The summed E-state index contributed by atoms with van der Waals surface area (Å²) in [6.45, 7) is 0. The maximum Gasteiger partial charge on any atom is 0.134 e. The SMILES string of the molecule is COc1c2ccccc2c(-c2ccc(Nc3ccc(N(c4ccccc4)c4ccccc4)cc3)c(-c3ccc(C=C(c4ccccc4)c4ccccc4)cc3)c2)c2ccccc12. The van der Waals surface area contributed by atoms with Crippen molar-refractivity contribution in [1.29, 1.82) is 0 Å². The summed E-state index contributed by atoms with van der Waals surface area (Å²) in [7, 11) is 1.77. The third-order valence-electron chi connectivity index (χ3n) is 11.5. The number of hydrogen-bond acceptors (Lipinski definition) is 3. The number of nitrogens with one attached hydrogen (secondary N) is 1. The van der Waals surface area contributed by atoms with Crippen LogP contribution in [0.15, 0.2) is 237 Å². The highest BCUT2D eigenvalue weighted by Crippen LogP contribution is 2.45. The van der Waals surface area contributed by atoms with Crippen molar-refractivity contribution < 1.29 is 4.74 Å². The van der Waals surface area contributed by atoms with Crippen LogP contribution in [0.2, 0.25) is 0 Å². The zero-order valence-electron chi connectivity index (χ0n) is 34.4. The standard InChI is InChI=1S/C59H44N2O/c1-62-59-53-28-16-14-26-51(53)58(52-27-15-17-29-54(52)59)46-34-39-57(60-47-35-37-50(38-36-47)61(48-22-10-4-11-23-48)49-24-12-5-13-25-49)56(41-46)45-32-30-42(31-33-45)40-55(43-18-6-2-7-19-43)44-20-8-3-9-21-44/h2-41,60H,1H3. The second-order valence-corrected chi connectivity index (χ2v) is 15.4. The second kappa shape index (κ2) is 17.2. The highest BCUT2D eigenvalue weighted by atomic mass is 16.5. The number of fused-ring (bicyclic) bond motifs is 2. The molecule has 10 aromatic rings. The van der Waals surface area contributed by atoms with Crippen LogP contribution in [0.1, 0.15) is 16.7 Å². The maximum atomic E-state index is 6.06. The van der Waals surface area contributed by atoms with Gasteiger partial charge in [0, 0.05) is 44.8 Å². The maximum absolute atomic E-state index is 6.06. The number of para-hydroxylation sites is 2. The van der Waals surface area contributed by atoms with E-state index in [1.165, 1.54) is 22.3 Å². The summed E-state index contributed by atoms with van der Waals surface area (Å²) in [5.74, 6) is 0.897. The van der Waals surface area contributed by atoms with Gasteiger partial charge in [0.2, 0.25) is 0 Å². The van der Waals surface area contributed by atoms with Crippen LogP contribution in [-0.2, 0) is 0 Å². The Morgan fingerprint density at radius 1 is 0.435 bits per heavy atom. The molecule has 10 aromatic carbocycles. The molecular weight excluding hydrogens is 753 g/mol. The summed E-state index contributed by atoms with van der Waals surface area (Å²) in [4.78, 5) is 2.28. The Morgan fingerprint density at radius 3 is 1.40 bits per heavy atom. The molecule has 0 atom stereocenters. The molecule has 62 heavy (non-hydrogen) atoms. The molecule has 3 nitrogen and oxygen atoms in total. The molecule has 0 aliphatic carbocycles. The Hall–Kier alpha value is -8.14. The number of nitrogens with zero attached hydrogens (tertiary/aromatic N) is 1. The predicted octanol–water partition coefficient (Wildman–Crippen LogP) is 16.1. The molecule has 0 radical (unpaired) electrons. The van der Waals surface area contributed by atoms with Gasteiger partial charge in [0.25, 0.3) is 0 Å². The lowest BCUT2D eigenvalue weighted by atomic mass is 9.89. The number of hydrogen-bond donors (Lipinski definition) is 1. The second-order valence-electron chi connectivity index (χ2n) is 15.4. The van der Waals surface area contributed by atoms with Gasteiger partial charge < -0.3 is 15.0 Å². The molecule has 0 aromatic heterocycles. The van der Waals surface area contributed by atoms with Gasteiger partial charge >= 0.3 is 0 Å². The minimum atomic E-state index is 0.897. The van der Waals surface area contributed by atoms with Crippen molar-refractivity contribution in [3.05, 3.63) is 253 Å². The van der Waals surface area contributed by atoms with Crippen molar-refractivity contribution in [2.24, 2.45) is 0 Å². The normalized spacial score (nSPS) is 11.0. The van der Waals surface area contributed by atoms with E-state index < -0.39 is 0 Å². The molecule has 0 aliphatic heterocycles. The topological polar surface area (TPSA) is 24.5 Å². The number of methoxy groups -OCH3 is 1. The quantitative estimate of drug-likeness (QED) is 0.104. The average Bonchev–Trinajstić information content (AvgIpc) is 3.35. The molecular formula is C59H44N2O. The van der Waals surface area contributed by atoms with Gasteiger partial charge in [0.15, 0.2) is 0 Å². The Labute approximate surface area is 363 Å². The van der Waals surface area contributed by atoms with E-state index in [-0.39, 0.29) is 0 Å². The smallest absolute Gasteiger partial charge is 0.134 e. The molecule has 0 heterocycles. The Bertz CT molecular complexity index is 3010. The van der Waals surface area contributed by atoms with E-state index in [0.29, 0.717) is 0 Å². The molecule has 0 saturated carbocycles. The number of benzene rings is 10. The van der Waals surface area contributed by atoms with E-state index in [4.69, 9.17) is 4.74 Å². The van der Waals surface area contributed by atoms with Crippen molar-refractivity contribution >= 4 is 61.6 Å². The zero-order valence-corrected chi connectivity index (χ0v) is 34.4. The van der Waals surface area contributed by atoms with Gasteiger partial charge in [-0.2, -0.15) is 0 Å². The summed E-state index contributed by atoms with van der Waals surface area (Å²) in [5, 5.41) is 8.32. The van der Waals surface area contributed by atoms with Gasteiger partial charge in [-0.3, -0.25) is 0 Å². The van der Waals surface area contributed by atoms with Gasteiger partial charge in [-0.25, -0.2) is 0 Å². The minimum Gasteiger partial charge on any atom is -0.495 e. The van der Waals surface area contributed by atoms with Crippen LogP contribution in [0.4, 0.5) is 28.4 Å². The Kier molecular flexibility index (Phi) is 10.6. The summed E-state index contributed by atoms with van der Waals surface area (Å²) in [5.41, 5.74) is 14.5. The zero-order chi connectivity index (χ0) is 41.7. The molecule has 0 saturated heterocycles. The molecule has 0 fully saturated rings. The molecule has 10 rings (SSSR count). The van der Waals surface area contributed by atoms with E-state index in [0.717, 1.165) is 78.0 Å². The van der Waals surface area contributed by atoms with Crippen LogP contribution >= 0.6 is 0 Å². The van der Waals surface area contributed by atoms with Crippen molar-refractivity contribution in [2.75, 3.05) is 17.3 Å². The monoisotopic (exact) mass is 796 g/mol. The lowest BCUT2D eigenvalue weighted by Gasteiger charge is -2.25. The van der Waals surface area contributed by atoms with E-state index >= 15 is 0 Å². The molecule has 0 spiro atoms. The van der Waals surface area contributed by atoms with Crippen LogP contribution in [0, 0.1) is 0 Å². The van der Waals surface area contributed by atoms with Crippen LogP contribution in [0.5, 0.6) is 5.75 Å². The largest absolute Gasteiger partial charge is 0.495 e. The van der Waals surface area contributed by atoms with Crippen LogP contribution in [0.25, 0.3) is 55.4 Å². The van der Waals surface area contributed by atoms with Gasteiger partial charge in [-0.05, 0) is 116 Å². The number of rotatable bonds is 11. The number of ether oxygens (including phenoxy) is 1. The highest BCUT2D eigenvalue weighted by Gasteiger charge is 2.18. The van der Waals surface area contributed by atoms with E-state index in [1.54, 1.807) is 7.11 Å². The minimum absolute atomic E-state index is 0.897. The summed E-state index contributed by atoms with van der Waals surface area (Å²) >= 11 is 0. The third-order valence-corrected chi connectivity index (χ3v) is 11.5. The van der Waals surface area contributed by atoms with E-state index in [9.17, 15) is 0 Å². The van der Waals surface area contributed by atoms with Crippen LogP contribution in [-0.4, -0.2) is 7.11 Å². The summed E-state index contributed by atoms with van der Waals surface area (Å²) in [6.07, 6.45) is 2.29. The van der Waals surface area contributed by atoms with Gasteiger partial charge in [-0.1, -0.05) is 176 Å². The van der Waals surface area contributed by atoms with E-state index in [2.05, 4.69) is 253 Å². The lowest BCUT2D eigenvalue weighted by molar-refractivity contribution is 0.424. The van der Waals surface area contributed by atoms with Crippen molar-refractivity contribution in [3.63, 3.8) is 0 Å². The van der Waals surface area contributed by atoms with Crippen LogP contribution in [0.3, 0.4) is 0 Å². The first-order chi connectivity index (χ1) is 30.7. The van der Waals surface area contributed by atoms with Gasteiger partial charge in [-0.15, -0.1) is 0 Å². The molecule has 296 valence electrons. The Morgan fingerprint density at radius 2 is 0.887 bits per heavy atom. The molecule has 3 heteroatoms. The van der Waals surface area contributed by atoms with Crippen molar-refractivity contribution in [2.45, 2.75) is 0 Å². The van der Waals surface area contributed by atoms with E-state index in [1.807, 2.05) is 0 Å². The first-order valence-corrected chi connectivity index (χ1v) is 21.0. The lowest BCUT2D eigenvalue weighted by Crippen LogP contribution is -2.09. The van der Waals surface area contributed by atoms with Crippen LogP contribution < -0.4 is 15.0 Å². The summed E-state index contributed by atoms with van der Waals surface area (Å²) in [6, 6.07) is 83.9. The molecule has 1 N–H and O–H groups in total. The molecule has 0 aliphatic rings. The first-order valence-electron chi connectivity index (χ1n) is 21.0.